The molecule has 2 aliphatic heterocycles. The number of hydrogen-bond donors (Lipinski definition) is 2. The second-order valence-electron chi connectivity index (χ2n) is 7.10. The van der Waals surface area contributed by atoms with Gasteiger partial charge in [-0.25, -0.2) is 8.42 Å². The van der Waals surface area contributed by atoms with E-state index in [-0.39, 0.29) is 35.1 Å². The molecule has 2 N–H and O–H groups in total. The number of amidine groups is 1. The van der Waals surface area contributed by atoms with Gasteiger partial charge in [0, 0.05) is 22.5 Å². The number of anilines is 1. The molecule has 2 aliphatic rings. The molecule has 2 heterocycles. The lowest BCUT2D eigenvalue weighted by molar-refractivity contribution is -0.120. The fourth-order valence-electron chi connectivity index (χ4n) is 3.33. The summed E-state index contributed by atoms with van der Waals surface area (Å²) in [7, 11) is -2.94. The van der Waals surface area contributed by atoms with Crippen LogP contribution in [-0.2, 0) is 27.6 Å². The van der Waals surface area contributed by atoms with Crippen molar-refractivity contribution in [3.63, 3.8) is 0 Å². The van der Waals surface area contributed by atoms with Gasteiger partial charge in [0.1, 0.15) is 0 Å². The number of nitrogens with zero attached hydrogens (tertiary/aromatic N) is 1. The molecule has 2 aromatic rings. The molecule has 0 radical (unpaired) electrons. The largest absolute Gasteiger partial charge is 0.352 e. The zero-order valence-corrected chi connectivity index (χ0v) is 17.9. The van der Waals surface area contributed by atoms with Crippen LogP contribution in [0.25, 0.3) is 0 Å². The highest BCUT2D eigenvalue weighted by Gasteiger charge is 2.42. The average Bonchev–Trinajstić information content (AvgIpc) is 3.15. The summed E-state index contributed by atoms with van der Waals surface area (Å²) in [5.74, 6) is 0.257. The summed E-state index contributed by atoms with van der Waals surface area (Å²) in [5, 5.41) is 7.52. The molecule has 0 aliphatic carbocycles. The van der Waals surface area contributed by atoms with Crippen LogP contribution in [0.5, 0.6) is 0 Å². The van der Waals surface area contributed by atoms with Gasteiger partial charge in [0.05, 0.1) is 24.0 Å². The molecule has 2 atom stereocenters. The van der Waals surface area contributed by atoms with E-state index in [1.807, 2.05) is 42.5 Å². The quantitative estimate of drug-likeness (QED) is 0.732. The molecule has 2 aromatic carbocycles. The number of carbonyl (C=O) groups excluding carboxylic acids is 1. The molecule has 1 saturated heterocycles. The number of hydrogen-bond acceptors (Lipinski definition) is 6. The number of halogens is 1. The molecule has 0 saturated carbocycles. The van der Waals surface area contributed by atoms with E-state index in [1.165, 1.54) is 11.8 Å². The highest BCUT2D eigenvalue weighted by Crippen LogP contribution is 2.34. The van der Waals surface area contributed by atoms with Crippen LogP contribution in [0, 0.1) is 0 Å². The van der Waals surface area contributed by atoms with E-state index in [0.717, 1.165) is 22.0 Å². The van der Waals surface area contributed by atoms with Gasteiger partial charge in [-0.2, -0.15) is 0 Å². The number of fused-ring (bicyclic) bond motifs is 1. The van der Waals surface area contributed by atoms with E-state index < -0.39 is 9.84 Å². The Bertz CT molecular complexity index is 1050. The predicted octanol–water partition coefficient (Wildman–Crippen LogP) is 2.88. The van der Waals surface area contributed by atoms with Gasteiger partial charge in [0.2, 0.25) is 5.91 Å². The first-order valence-corrected chi connectivity index (χ1v) is 12.3. The zero-order valence-electron chi connectivity index (χ0n) is 15.5. The minimum Gasteiger partial charge on any atom is -0.352 e. The summed E-state index contributed by atoms with van der Waals surface area (Å²) in [4.78, 5) is 16.7. The Hall–Kier alpha value is -2.03. The Labute approximate surface area is 179 Å². The highest BCUT2D eigenvalue weighted by atomic mass is 35.5. The van der Waals surface area contributed by atoms with Crippen LogP contribution in [0.2, 0.25) is 5.02 Å². The number of carbonyl (C=O) groups is 1. The van der Waals surface area contributed by atoms with E-state index in [2.05, 4.69) is 15.6 Å². The second kappa shape index (κ2) is 8.38. The van der Waals surface area contributed by atoms with Crippen LogP contribution in [0.1, 0.15) is 11.1 Å². The molecule has 152 valence electrons. The van der Waals surface area contributed by atoms with Gasteiger partial charge in [-0.15, -0.1) is 0 Å². The topological polar surface area (TPSA) is 87.6 Å². The summed E-state index contributed by atoms with van der Waals surface area (Å²) in [6, 6.07) is 14.9. The van der Waals surface area contributed by atoms with Crippen molar-refractivity contribution in [3.8, 4) is 0 Å². The fraction of sp³-hybridized carbons (Fsp3) is 0.300. The number of benzene rings is 2. The number of nitrogens with one attached hydrogen (secondary N) is 2. The van der Waals surface area contributed by atoms with E-state index >= 15 is 0 Å². The van der Waals surface area contributed by atoms with Crippen molar-refractivity contribution in [1.82, 2.24) is 5.32 Å². The first-order chi connectivity index (χ1) is 13.9. The highest BCUT2D eigenvalue weighted by molar-refractivity contribution is 8.15. The van der Waals surface area contributed by atoms with Crippen LogP contribution >= 0.6 is 23.4 Å². The Morgan fingerprint density at radius 3 is 2.62 bits per heavy atom. The molecular formula is C20H20ClN3O3S2. The second-order valence-corrected chi connectivity index (χ2v) is 10.9. The maximum Gasteiger partial charge on any atom is 0.224 e. The Kier molecular flexibility index (Phi) is 5.85. The number of amides is 1. The molecule has 29 heavy (non-hydrogen) atoms. The summed E-state index contributed by atoms with van der Waals surface area (Å²) in [6.45, 7) is 0.396. The molecule has 4 rings (SSSR count). The minimum absolute atomic E-state index is 0.0172. The predicted molar refractivity (Wildman–Crippen MR) is 118 cm³/mol. The Morgan fingerprint density at radius 1 is 1.14 bits per heavy atom. The summed E-state index contributed by atoms with van der Waals surface area (Å²) in [6.07, 6.45) is 0.280. The van der Waals surface area contributed by atoms with Crippen molar-refractivity contribution >= 4 is 50.0 Å². The number of thioether (sulfide) groups is 1. The van der Waals surface area contributed by atoms with Gasteiger partial charge in [-0.3, -0.25) is 9.79 Å². The molecule has 0 unspecified atom stereocenters. The van der Waals surface area contributed by atoms with Crippen LogP contribution in [0.3, 0.4) is 0 Å². The van der Waals surface area contributed by atoms with Crippen molar-refractivity contribution in [2.45, 2.75) is 24.3 Å². The molecule has 0 spiro atoms. The van der Waals surface area contributed by atoms with Gasteiger partial charge in [0.25, 0.3) is 0 Å². The Morgan fingerprint density at radius 2 is 1.90 bits per heavy atom. The molecule has 9 heteroatoms. The number of sulfone groups is 1. The lowest BCUT2D eigenvalue weighted by Gasteiger charge is -2.09. The van der Waals surface area contributed by atoms with Crippen LogP contribution in [0.4, 0.5) is 5.69 Å². The van der Waals surface area contributed by atoms with Crippen molar-refractivity contribution in [1.29, 1.82) is 0 Å². The van der Waals surface area contributed by atoms with Gasteiger partial charge < -0.3 is 10.6 Å². The average molecular weight is 450 g/mol. The summed E-state index contributed by atoms with van der Waals surface area (Å²) >= 11 is 7.58. The van der Waals surface area contributed by atoms with Gasteiger partial charge in [-0.05, 0) is 29.3 Å². The van der Waals surface area contributed by atoms with Gasteiger partial charge in [-0.1, -0.05) is 53.7 Å². The molecule has 6 nitrogen and oxygen atoms in total. The normalized spacial score (nSPS) is 22.0. The van der Waals surface area contributed by atoms with E-state index in [0.29, 0.717) is 11.6 Å². The maximum atomic E-state index is 12.2. The maximum absolute atomic E-state index is 12.2. The summed E-state index contributed by atoms with van der Waals surface area (Å²) < 4.78 is 23.3. The molecular weight excluding hydrogens is 430 g/mol. The van der Waals surface area contributed by atoms with Crippen molar-refractivity contribution in [3.05, 3.63) is 64.7 Å². The summed E-state index contributed by atoms with van der Waals surface area (Å²) in [5.41, 5.74) is 2.64. The number of rotatable bonds is 5. The fourth-order valence-corrected chi connectivity index (χ4v) is 7.21. The first kappa shape index (κ1) is 20.3. The van der Waals surface area contributed by atoms with E-state index in [9.17, 15) is 13.2 Å². The monoisotopic (exact) mass is 449 g/mol. The third-order valence-corrected chi connectivity index (χ3v) is 8.33. The van der Waals surface area contributed by atoms with Gasteiger partial charge >= 0.3 is 0 Å². The van der Waals surface area contributed by atoms with Crippen LogP contribution in [-0.4, -0.2) is 42.3 Å². The third-order valence-electron chi connectivity index (χ3n) is 4.82. The number of aliphatic imine (C=N–C) groups is 1. The zero-order chi connectivity index (χ0) is 20.4. The SMILES string of the molecule is O=C(Cc1ccc(NC2=N[C@@H]3CS(=O)(=O)C[C@@H]3S2)cc1)NCc1ccccc1Cl. The first-order valence-electron chi connectivity index (χ1n) is 9.19. The molecule has 0 bridgehead atoms. The van der Waals surface area contributed by atoms with Crippen molar-refractivity contribution in [2.75, 3.05) is 16.8 Å². The van der Waals surface area contributed by atoms with Crippen molar-refractivity contribution in [2.24, 2.45) is 4.99 Å². The smallest absolute Gasteiger partial charge is 0.224 e. The third kappa shape index (κ3) is 5.12. The van der Waals surface area contributed by atoms with Crippen LogP contribution < -0.4 is 10.6 Å². The molecule has 0 aromatic heterocycles. The lowest BCUT2D eigenvalue weighted by Crippen LogP contribution is -2.24. The van der Waals surface area contributed by atoms with Crippen LogP contribution in [0.15, 0.2) is 53.5 Å². The van der Waals surface area contributed by atoms with Gasteiger partial charge in [0.15, 0.2) is 15.0 Å². The van der Waals surface area contributed by atoms with E-state index in [1.54, 1.807) is 6.07 Å². The minimum atomic E-state index is -2.94. The van der Waals surface area contributed by atoms with Crippen molar-refractivity contribution < 1.29 is 13.2 Å². The van der Waals surface area contributed by atoms with E-state index in [4.69, 9.17) is 11.6 Å². The lowest BCUT2D eigenvalue weighted by atomic mass is 10.1. The molecule has 1 amide bonds. The Balaban J connectivity index is 1.28. The standard InChI is InChI=1S/C20H20ClN3O3S2/c21-16-4-2-1-3-14(16)10-22-19(25)9-13-5-7-15(8-6-13)23-20-24-17-11-29(26,27)12-18(17)28-20/h1-8,17-18H,9-12H2,(H,22,25)(H,23,24)/t17-,18+/m1/s1. The molecule has 1 fully saturated rings.